The molecule has 6 nitrogen and oxygen atoms in total. The SMILES string of the molecule is COc1cc(OCc2ccccc2)c2cc(-c3cn4nc(C(C)(F)F)sc4n3)oc2c1. The number of rotatable bonds is 6. The van der Waals surface area contributed by atoms with Crippen LogP contribution in [-0.4, -0.2) is 21.7 Å². The molecule has 2 aromatic carbocycles. The van der Waals surface area contributed by atoms with Crippen LogP contribution in [0.4, 0.5) is 8.78 Å². The van der Waals surface area contributed by atoms with Crippen molar-refractivity contribution >= 4 is 27.3 Å². The molecule has 31 heavy (non-hydrogen) atoms. The maximum absolute atomic E-state index is 13.5. The fourth-order valence-electron chi connectivity index (χ4n) is 3.18. The van der Waals surface area contributed by atoms with E-state index in [1.54, 1.807) is 25.4 Å². The van der Waals surface area contributed by atoms with Gasteiger partial charge in [-0.1, -0.05) is 41.7 Å². The number of hydrogen-bond donors (Lipinski definition) is 0. The van der Waals surface area contributed by atoms with E-state index < -0.39 is 5.92 Å². The maximum atomic E-state index is 13.5. The molecule has 0 aliphatic rings. The van der Waals surface area contributed by atoms with Crippen LogP contribution in [0.25, 0.3) is 27.4 Å². The van der Waals surface area contributed by atoms with E-state index in [-0.39, 0.29) is 5.01 Å². The zero-order chi connectivity index (χ0) is 21.6. The minimum Gasteiger partial charge on any atom is -0.496 e. The van der Waals surface area contributed by atoms with E-state index in [9.17, 15) is 8.78 Å². The van der Waals surface area contributed by atoms with Gasteiger partial charge in [0.15, 0.2) is 10.8 Å². The number of fused-ring (bicyclic) bond motifs is 2. The predicted molar refractivity (Wildman–Crippen MR) is 113 cm³/mol. The topological polar surface area (TPSA) is 61.8 Å². The Kier molecular flexibility index (Phi) is 4.62. The highest BCUT2D eigenvalue weighted by molar-refractivity contribution is 7.16. The molecule has 0 N–H and O–H groups in total. The average Bonchev–Trinajstić information content (AvgIpc) is 3.44. The van der Waals surface area contributed by atoms with E-state index in [0.29, 0.717) is 40.1 Å². The first-order chi connectivity index (χ1) is 14.9. The highest BCUT2D eigenvalue weighted by Crippen LogP contribution is 2.38. The lowest BCUT2D eigenvalue weighted by atomic mass is 10.2. The van der Waals surface area contributed by atoms with Crippen molar-refractivity contribution in [2.75, 3.05) is 7.11 Å². The second kappa shape index (κ2) is 7.35. The Morgan fingerprint density at radius 2 is 1.97 bits per heavy atom. The third-order valence-electron chi connectivity index (χ3n) is 4.72. The van der Waals surface area contributed by atoms with Crippen molar-refractivity contribution in [3.8, 4) is 23.0 Å². The van der Waals surface area contributed by atoms with E-state index in [1.165, 1.54) is 4.52 Å². The molecule has 3 heterocycles. The Balaban J connectivity index is 1.51. The number of hydrogen-bond acceptors (Lipinski definition) is 6. The molecule has 0 radical (unpaired) electrons. The molecule has 5 aromatic rings. The fraction of sp³-hybridized carbons (Fsp3) is 0.182. The van der Waals surface area contributed by atoms with Crippen molar-refractivity contribution in [3.63, 3.8) is 0 Å². The smallest absolute Gasteiger partial charge is 0.298 e. The normalized spacial score (nSPS) is 12.0. The van der Waals surface area contributed by atoms with Crippen LogP contribution in [0.3, 0.4) is 0 Å². The van der Waals surface area contributed by atoms with E-state index in [4.69, 9.17) is 13.9 Å². The van der Waals surface area contributed by atoms with Gasteiger partial charge in [0.1, 0.15) is 29.4 Å². The summed E-state index contributed by atoms with van der Waals surface area (Å²) in [5.74, 6) is -1.32. The van der Waals surface area contributed by atoms with Gasteiger partial charge in [-0.05, 0) is 11.6 Å². The average molecular weight is 441 g/mol. The summed E-state index contributed by atoms with van der Waals surface area (Å²) in [6.07, 6.45) is 1.57. The largest absolute Gasteiger partial charge is 0.496 e. The molecule has 0 spiro atoms. The van der Waals surface area contributed by atoms with Gasteiger partial charge in [-0.3, -0.25) is 0 Å². The molecule has 0 atom stereocenters. The first-order valence-corrected chi connectivity index (χ1v) is 10.3. The number of imidazole rings is 1. The molecule has 0 bridgehead atoms. The summed E-state index contributed by atoms with van der Waals surface area (Å²) in [6, 6.07) is 15.2. The van der Waals surface area contributed by atoms with Crippen molar-refractivity contribution in [3.05, 3.63) is 65.3 Å². The Morgan fingerprint density at radius 1 is 1.16 bits per heavy atom. The standard InChI is InChI=1S/C22H17F2N3O3S/c1-22(23,24)20-26-27-11-16(25-21(27)31-20)19-10-15-17(8-14(28-2)9-18(15)30-19)29-12-13-6-4-3-5-7-13/h3-11H,12H2,1-2H3. The van der Waals surface area contributed by atoms with Crippen LogP contribution in [0, 0.1) is 0 Å². The molecule has 0 amide bonds. The molecular weight excluding hydrogens is 424 g/mol. The van der Waals surface area contributed by atoms with Gasteiger partial charge in [0.2, 0.25) is 4.96 Å². The van der Waals surface area contributed by atoms with E-state index in [1.807, 2.05) is 36.4 Å². The number of aromatic nitrogens is 3. The molecule has 5 rings (SSSR count). The molecule has 0 saturated carbocycles. The van der Waals surface area contributed by atoms with Gasteiger partial charge in [-0.25, -0.2) is 9.50 Å². The first-order valence-electron chi connectivity index (χ1n) is 9.44. The van der Waals surface area contributed by atoms with E-state index in [0.717, 1.165) is 29.2 Å². The number of methoxy groups -OCH3 is 1. The third-order valence-corrected chi connectivity index (χ3v) is 5.81. The number of halogens is 2. The molecule has 0 fully saturated rings. The van der Waals surface area contributed by atoms with Crippen molar-refractivity contribution in [1.29, 1.82) is 0 Å². The summed E-state index contributed by atoms with van der Waals surface area (Å²) < 4.78 is 45.7. The number of nitrogens with zero attached hydrogens (tertiary/aromatic N) is 3. The Morgan fingerprint density at radius 3 is 2.68 bits per heavy atom. The van der Waals surface area contributed by atoms with Crippen LogP contribution < -0.4 is 9.47 Å². The zero-order valence-corrected chi connectivity index (χ0v) is 17.5. The molecule has 0 saturated heterocycles. The van der Waals surface area contributed by atoms with Gasteiger partial charge < -0.3 is 13.9 Å². The Hall–Kier alpha value is -3.46. The van der Waals surface area contributed by atoms with E-state index >= 15 is 0 Å². The third kappa shape index (κ3) is 3.72. The summed E-state index contributed by atoms with van der Waals surface area (Å²) in [5.41, 5.74) is 2.10. The van der Waals surface area contributed by atoms with E-state index in [2.05, 4.69) is 10.1 Å². The van der Waals surface area contributed by atoms with Crippen LogP contribution in [-0.2, 0) is 12.5 Å². The number of furan rings is 1. The quantitative estimate of drug-likeness (QED) is 0.328. The highest BCUT2D eigenvalue weighted by Gasteiger charge is 2.30. The number of ether oxygens (including phenoxy) is 2. The Bertz CT molecular complexity index is 1340. The first kappa shape index (κ1) is 19.5. The molecule has 0 aliphatic heterocycles. The highest BCUT2D eigenvalue weighted by atomic mass is 32.1. The molecule has 158 valence electrons. The summed E-state index contributed by atoms with van der Waals surface area (Å²) in [4.78, 5) is 4.76. The predicted octanol–water partition coefficient (Wildman–Crippen LogP) is 5.90. The summed E-state index contributed by atoms with van der Waals surface area (Å²) in [7, 11) is 1.57. The molecule has 0 aliphatic carbocycles. The summed E-state index contributed by atoms with van der Waals surface area (Å²) >= 11 is 0.846. The van der Waals surface area contributed by atoms with Crippen molar-refractivity contribution < 1.29 is 22.7 Å². The van der Waals surface area contributed by atoms with Crippen LogP contribution in [0.1, 0.15) is 17.5 Å². The van der Waals surface area contributed by atoms with Gasteiger partial charge in [-0.15, -0.1) is 0 Å². The fourth-order valence-corrected chi connectivity index (χ4v) is 3.99. The summed E-state index contributed by atoms with van der Waals surface area (Å²) in [5, 5.41) is 4.40. The molecule has 0 unspecified atom stereocenters. The van der Waals surface area contributed by atoms with Crippen LogP contribution in [0.5, 0.6) is 11.5 Å². The number of benzene rings is 2. The molecule has 9 heteroatoms. The lowest BCUT2D eigenvalue weighted by Crippen LogP contribution is -2.06. The van der Waals surface area contributed by atoms with Crippen molar-refractivity contribution in [2.45, 2.75) is 19.5 Å². The van der Waals surface area contributed by atoms with Gasteiger partial charge in [0.05, 0.1) is 18.7 Å². The summed E-state index contributed by atoms with van der Waals surface area (Å²) in [6.45, 7) is 1.21. The number of alkyl halides is 2. The monoisotopic (exact) mass is 441 g/mol. The van der Waals surface area contributed by atoms with Crippen LogP contribution in [0.15, 0.2) is 59.1 Å². The lowest BCUT2D eigenvalue weighted by Gasteiger charge is -2.09. The zero-order valence-electron chi connectivity index (χ0n) is 16.6. The van der Waals surface area contributed by atoms with Gasteiger partial charge in [-0.2, -0.15) is 13.9 Å². The second-order valence-electron chi connectivity index (χ2n) is 7.07. The van der Waals surface area contributed by atoms with Crippen LogP contribution >= 0.6 is 11.3 Å². The molecule has 3 aromatic heterocycles. The van der Waals surface area contributed by atoms with Gasteiger partial charge in [0.25, 0.3) is 5.92 Å². The van der Waals surface area contributed by atoms with Crippen molar-refractivity contribution in [2.24, 2.45) is 0 Å². The van der Waals surface area contributed by atoms with Crippen molar-refractivity contribution in [1.82, 2.24) is 14.6 Å². The minimum atomic E-state index is -3.01. The van der Waals surface area contributed by atoms with Crippen LogP contribution in [0.2, 0.25) is 0 Å². The lowest BCUT2D eigenvalue weighted by molar-refractivity contribution is 0.0163. The maximum Gasteiger partial charge on any atom is 0.298 e. The Labute approximate surface area is 179 Å². The second-order valence-corrected chi connectivity index (χ2v) is 8.03. The van der Waals surface area contributed by atoms with Gasteiger partial charge in [0, 0.05) is 19.1 Å². The minimum absolute atomic E-state index is 0.285. The van der Waals surface area contributed by atoms with Gasteiger partial charge >= 0.3 is 0 Å². The molecular formula is C22H17F2N3O3S.